The maximum absolute atomic E-state index is 13.0. The van der Waals surface area contributed by atoms with Crippen LogP contribution in [0.25, 0.3) is 0 Å². The molecule has 3 heterocycles. The number of carbonyl (C=O) groups excluding carboxylic acids is 1. The summed E-state index contributed by atoms with van der Waals surface area (Å²) in [4.78, 5) is 23.1. The molecule has 0 radical (unpaired) electrons. The van der Waals surface area contributed by atoms with Crippen LogP contribution in [-0.2, 0) is 22.6 Å². The van der Waals surface area contributed by atoms with Gasteiger partial charge in [0.15, 0.2) is 0 Å². The molecule has 0 saturated carbocycles. The van der Waals surface area contributed by atoms with E-state index in [4.69, 9.17) is 14.2 Å². The summed E-state index contributed by atoms with van der Waals surface area (Å²) < 4.78 is 16.8. The predicted octanol–water partition coefficient (Wildman–Crippen LogP) is 2.00. The molecule has 0 N–H and O–H groups in total. The van der Waals surface area contributed by atoms with E-state index in [9.17, 15) is 4.79 Å². The fourth-order valence-electron chi connectivity index (χ4n) is 3.60. The first-order valence-corrected chi connectivity index (χ1v) is 9.23. The summed E-state index contributed by atoms with van der Waals surface area (Å²) in [7, 11) is 1.54. The van der Waals surface area contributed by atoms with Gasteiger partial charge in [0.2, 0.25) is 11.8 Å². The van der Waals surface area contributed by atoms with Crippen LogP contribution in [0, 0.1) is 0 Å². The number of methoxy groups -OCH3 is 1. The first-order chi connectivity index (χ1) is 13.2. The van der Waals surface area contributed by atoms with Crippen molar-refractivity contribution in [1.29, 1.82) is 0 Å². The standard InChI is InChI=1S/C20H23N3O4/c1-25-18-10-21-11-19(22-18)27-16-7-4-8-23(12-16)20(24)17-9-14-5-2-3-6-15(14)13-26-17/h2-3,5-6,10-11,16-17H,4,7-9,12-13H2,1H3/t16-,17+/m0/s1. The molecule has 1 fully saturated rings. The maximum atomic E-state index is 13.0. The van der Waals surface area contributed by atoms with Crippen LogP contribution in [0.5, 0.6) is 11.8 Å². The van der Waals surface area contributed by atoms with Crippen molar-refractivity contribution in [2.24, 2.45) is 0 Å². The van der Waals surface area contributed by atoms with Crippen LogP contribution in [0.15, 0.2) is 36.7 Å². The van der Waals surface area contributed by atoms with E-state index in [1.807, 2.05) is 17.0 Å². The second-order valence-electron chi connectivity index (χ2n) is 6.84. The van der Waals surface area contributed by atoms with Crippen LogP contribution >= 0.6 is 0 Å². The fraction of sp³-hybridized carbons (Fsp3) is 0.450. The van der Waals surface area contributed by atoms with Crippen LogP contribution in [0.3, 0.4) is 0 Å². The van der Waals surface area contributed by atoms with E-state index < -0.39 is 6.10 Å². The van der Waals surface area contributed by atoms with Crippen LogP contribution < -0.4 is 9.47 Å². The molecule has 2 atom stereocenters. The highest BCUT2D eigenvalue weighted by Gasteiger charge is 2.32. The quantitative estimate of drug-likeness (QED) is 0.821. The highest BCUT2D eigenvalue weighted by molar-refractivity contribution is 5.81. The largest absolute Gasteiger partial charge is 0.480 e. The van der Waals surface area contributed by atoms with Gasteiger partial charge >= 0.3 is 0 Å². The summed E-state index contributed by atoms with van der Waals surface area (Å²) >= 11 is 0. The molecule has 7 nitrogen and oxygen atoms in total. The number of nitrogens with zero attached hydrogens (tertiary/aromatic N) is 3. The fourth-order valence-corrected chi connectivity index (χ4v) is 3.60. The van der Waals surface area contributed by atoms with E-state index in [0.29, 0.717) is 31.3 Å². The van der Waals surface area contributed by atoms with Gasteiger partial charge in [-0.25, -0.2) is 0 Å². The van der Waals surface area contributed by atoms with Crippen molar-refractivity contribution in [1.82, 2.24) is 14.9 Å². The number of fused-ring (bicyclic) bond motifs is 1. The molecule has 142 valence electrons. The molecule has 0 unspecified atom stereocenters. The molecular weight excluding hydrogens is 346 g/mol. The number of hydrogen-bond acceptors (Lipinski definition) is 6. The minimum absolute atomic E-state index is 0.0366. The number of likely N-dealkylation sites (tertiary alicyclic amines) is 1. The maximum Gasteiger partial charge on any atom is 0.252 e. The molecule has 1 amide bonds. The molecule has 27 heavy (non-hydrogen) atoms. The van der Waals surface area contributed by atoms with Crippen molar-refractivity contribution < 1.29 is 19.0 Å². The van der Waals surface area contributed by atoms with Crippen LogP contribution in [-0.4, -0.2) is 53.2 Å². The van der Waals surface area contributed by atoms with Crippen LogP contribution in [0.1, 0.15) is 24.0 Å². The monoisotopic (exact) mass is 369 g/mol. The van der Waals surface area contributed by atoms with Gasteiger partial charge in [-0.05, 0) is 24.0 Å². The average molecular weight is 369 g/mol. The van der Waals surface area contributed by atoms with Crippen molar-refractivity contribution >= 4 is 5.91 Å². The molecule has 2 aliphatic rings. The van der Waals surface area contributed by atoms with Gasteiger partial charge < -0.3 is 19.1 Å². The summed E-state index contributed by atoms with van der Waals surface area (Å²) in [6.45, 7) is 1.74. The van der Waals surface area contributed by atoms with E-state index in [1.165, 1.54) is 18.9 Å². The Labute approximate surface area is 158 Å². The highest BCUT2D eigenvalue weighted by atomic mass is 16.5. The van der Waals surface area contributed by atoms with Gasteiger partial charge in [-0.1, -0.05) is 24.3 Å². The minimum Gasteiger partial charge on any atom is -0.480 e. The summed E-state index contributed by atoms with van der Waals surface area (Å²) in [6, 6.07) is 8.13. The van der Waals surface area contributed by atoms with E-state index in [-0.39, 0.29) is 12.0 Å². The lowest BCUT2D eigenvalue weighted by Crippen LogP contribution is -2.49. The van der Waals surface area contributed by atoms with Crippen molar-refractivity contribution in [2.45, 2.75) is 38.1 Å². The number of carbonyl (C=O) groups is 1. The Morgan fingerprint density at radius 3 is 2.89 bits per heavy atom. The van der Waals surface area contributed by atoms with Crippen molar-refractivity contribution in [3.63, 3.8) is 0 Å². The van der Waals surface area contributed by atoms with Crippen molar-refractivity contribution in [3.05, 3.63) is 47.8 Å². The molecule has 1 aromatic carbocycles. The lowest BCUT2D eigenvalue weighted by molar-refractivity contribution is -0.148. The molecular formula is C20H23N3O4. The van der Waals surface area contributed by atoms with Crippen molar-refractivity contribution in [2.75, 3.05) is 20.2 Å². The summed E-state index contributed by atoms with van der Waals surface area (Å²) in [5.74, 6) is 0.858. The summed E-state index contributed by atoms with van der Waals surface area (Å²) in [5, 5.41) is 0. The van der Waals surface area contributed by atoms with Gasteiger partial charge in [-0.15, -0.1) is 0 Å². The Kier molecular flexibility index (Phi) is 5.20. The van der Waals surface area contributed by atoms with E-state index in [2.05, 4.69) is 22.1 Å². The second-order valence-corrected chi connectivity index (χ2v) is 6.84. The smallest absolute Gasteiger partial charge is 0.252 e. The zero-order valence-corrected chi connectivity index (χ0v) is 15.3. The third-order valence-corrected chi connectivity index (χ3v) is 5.02. The molecule has 2 aromatic rings. The average Bonchev–Trinajstić information content (AvgIpc) is 2.73. The van der Waals surface area contributed by atoms with Gasteiger partial charge in [-0.3, -0.25) is 9.78 Å². The second kappa shape index (κ2) is 7.92. The highest BCUT2D eigenvalue weighted by Crippen LogP contribution is 2.24. The molecule has 0 spiro atoms. The van der Waals surface area contributed by atoms with Crippen LogP contribution in [0.2, 0.25) is 0 Å². The zero-order chi connectivity index (χ0) is 18.6. The molecule has 2 aliphatic heterocycles. The van der Waals surface area contributed by atoms with E-state index in [0.717, 1.165) is 24.9 Å². The number of amides is 1. The predicted molar refractivity (Wildman–Crippen MR) is 97.5 cm³/mol. The van der Waals surface area contributed by atoms with Gasteiger partial charge in [0, 0.05) is 13.0 Å². The van der Waals surface area contributed by atoms with Gasteiger partial charge in [0.1, 0.15) is 12.2 Å². The van der Waals surface area contributed by atoms with Gasteiger partial charge in [0.05, 0.1) is 32.7 Å². The molecule has 0 aliphatic carbocycles. The first-order valence-electron chi connectivity index (χ1n) is 9.23. The molecule has 4 rings (SSSR count). The molecule has 1 saturated heterocycles. The Morgan fingerprint density at radius 1 is 1.22 bits per heavy atom. The number of benzene rings is 1. The van der Waals surface area contributed by atoms with Crippen LogP contribution in [0.4, 0.5) is 0 Å². The Balaban J connectivity index is 1.38. The Morgan fingerprint density at radius 2 is 2.04 bits per heavy atom. The normalized spacial score (nSPS) is 22.0. The number of hydrogen-bond donors (Lipinski definition) is 0. The third kappa shape index (κ3) is 4.03. The lowest BCUT2D eigenvalue weighted by atomic mass is 9.98. The molecule has 7 heteroatoms. The first kappa shape index (κ1) is 17.7. The third-order valence-electron chi connectivity index (χ3n) is 5.02. The number of ether oxygens (including phenoxy) is 3. The number of piperidine rings is 1. The topological polar surface area (TPSA) is 73.8 Å². The van der Waals surface area contributed by atoms with E-state index >= 15 is 0 Å². The Hall–Kier alpha value is -2.67. The number of rotatable bonds is 4. The number of aromatic nitrogens is 2. The minimum atomic E-state index is -0.421. The lowest BCUT2D eigenvalue weighted by Gasteiger charge is -2.35. The summed E-state index contributed by atoms with van der Waals surface area (Å²) in [6.07, 6.45) is 4.94. The SMILES string of the molecule is COc1cncc(O[C@H]2CCCN(C(=O)[C@H]3Cc4ccccc4CO3)C2)n1. The Bertz CT molecular complexity index is 813. The van der Waals surface area contributed by atoms with Gasteiger partial charge in [-0.2, -0.15) is 4.98 Å². The molecule has 1 aromatic heterocycles. The molecule has 0 bridgehead atoms. The van der Waals surface area contributed by atoms with E-state index in [1.54, 1.807) is 6.20 Å². The van der Waals surface area contributed by atoms with Gasteiger partial charge in [0.25, 0.3) is 5.91 Å². The van der Waals surface area contributed by atoms with Crippen molar-refractivity contribution in [3.8, 4) is 11.8 Å². The zero-order valence-electron chi connectivity index (χ0n) is 15.3. The summed E-state index contributed by atoms with van der Waals surface area (Å²) in [5.41, 5.74) is 2.36.